The fourth-order valence-corrected chi connectivity index (χ4v) is 4.00. The molecule has 0 spiro atoms. The van der Waals surface area contributed by atoms with E-state index in [4.69, 9.17) is 5.11 Å². The first-order chi connectivity index (χ1) is 8.65. The van der Waals surface area contributed by atoms with E-state index in [2.05, 4.69) is 5.10 Å². The molecule has 3 heterocycles. The summed E-state index contributed by atoms with van der Waals surface area (Å²) < 4.78 is 1.25. The van der Waals surface area contributed by atoms with Gasteiger partial charge < -0.3 is 10.0 Å². The van der Waals surface area contributed by atoms with E-state index < -0.39 is 5.97 Å². The van der Waals surface area contributed by atoms with Crippen molar-refractivity contribution in [2.75, 3.05) is 12.3 Å². The van der Waals surface area contributed by atoms with Gasteiger partial charge in [-0.15, -0.1) is 0 Å². The predicted octanol–water partition coefficient (Wildman–Crippen LogP) is 0.298. The van der Waals surface area contributed by atoms with Crippen LogP contribution < -0.4 is 0 Å². The second-order valence-electron chi connectivity index (χ2n) is 4.57. The van der Waals surface area contributed by atoms with Gasteiger partial charge in [-0.2, -0.15) is 16.9 Å². The van der Waals surface area contributed by atoms with E-state index in [0.29, 0.717) is 17.0 Å². The third-order valence-electron chi connectivity index (χ3n) is 3.38. The molecule has 0 aliphatic carbocycles. The Morgan fingerprint density at radius 2 is 2.39 bits per heavy atom. The van der Waals surface area contributed by atoms with Crippen LogP contribution in [0.2, 0.25) is 0 Å². The molecule has 2 aliphatic heterocycles. The molecule has 96 valence electrons. The van der Waals surface area contributed by atoms with E-state index in [9.17, 15) is 9.59 Å². The Balaban J connectivity index is 1.80. The Bertz CT molecular complexity index is 501. The Morgan fingerprint density at radius 3 is 3.00 bits per heavy atom. The molecular formula is C11H13N3O3S. The van der Waals surface area contributed by atoms with Gasteiger partial charge in [-0.05, 0) is 12.5 Å². The third-order valence-corrected chi connectivity index (χ3v) is 4.77. The number of carboxylic acids is 1. The number of likely N-dealkylation sites (tertiary alicyclic amines) is 1. The smallest absolute Gasteiger partial charge is 0.325 e. The average molecular weight is 267 g/mol. The van der Waals surface area contributed by atoms with E-state index in [1.54, 1.807) is 6.07 Å². The normalized spacial score (nSPS) is 25.7. The van der Waals surface area contributed by atoms with Crippen LogP contribution in [0.15, 0.2) is 12.3 Å². The van der Waals surface area contributed by atoms with Crippen LogP contribution in [0.5, 0.6) is 0 Å². The summed E-state index contributed by atoms with van der Waals surface area (Å²) in [5.41, 5.74) is 0.370. The quantitative estimate of drug-likeness (QED) is 0.852. The lowest BCUT2D eigenvalue weighted by molar-refractivity contribution is -0.137. The van der Waals surface area contributed by atoms with Crippen LogP contribution in [0.1, 0.15) is 16.9 Å². The van der Waals surface area contributed by atoms with E-state index >= 15 is 0 Å². The Kier molecular flexibility index (Phi) is 2.77. The van der Waals surface area contributed by atoms with Crippen LogP contribution in [0.4, 0.5) is 0 Å². The number of carboxylic acid groups (broad SMARTS) is 1. The van der Waals surface area contributed by atoms with E-state index in [-0.39, 0.29) is 12.5 Å². The number of rotatable bonds is 3. The molecule has 1 aromatic heterocycles. The number of aliphatic carboxylic acids is 1. The summed E-state index contributed by atoms with van der Waals surface area (Å²) in [7, 11) is 0. The summed E-state index contributed by atoms with van der Waals surface area (Å²) >= 11 is 1.91. The molecule has 2 aliphatic rings. The molecule has 2 bridgehead atoms. The Labute approximate surface area is 108 Å². The number of aromatic nitrogens is 2. The summed E-state index contributed by atoms with van der Waals surface area (Å²) in [6, 6.07) is 1.89. The monoisotopic (exact) mass is 267 g/mol. The number of thioether (sulfide) groups is 1. The molecule has 2 atom stereocenters. The number of hydrogen-bond donors (Lipinski definition) is 1. The summed E-state index contributed by atoms with van der Waals surface area (Å²) in [6.07, 6.45) is 2.53. The number of hydrogen-bond acceptors (Lipinski definition) is 4. The number of nitrogens with zero attached hydrogens (tertiary/aromatic N) is 3. The van der Waals surface area contributed by atoms with Gasteiger partial charge in [0.2, 0.25) is 0 Å². The van der Waals surface area contributed by atoms with Gasteiger partial charge in [0.05, 0.1) is 0 Å². The largest absolute Gasteiger partial charge is 0.480 e. The molecule has 0 aromatic carbocycles. The number of carbonyl (C=O) groups excluding carboxylic acids is 1. The van der Waals surface area contributed by atoms with Crippen LogP contribution in [0.25, 0.3) is 0 Å². The van der Waals surface area contributed by atoms with E-state index in [1.165, 1.54) is 10.9 Å². The van der Waals surface area contributed by atoms with Crippen molar-refractivity contribution in [3.05, 3.63) is 18.0 Å². The van der Waals surface area contributed by atoms with Crippen molar-refractivity contribution in [1.29, 1.82) is 0 Å². The molecule has 1 aromatic rings. The molecule has 6 nitrogen and oxygen atoms in total. The van der Waals surface area contributed by atoms with E-state index in [0.717, 1.165) is 18.7 Å². The highest BCUT2D eigenvalue weighted by Gasteiger charge is 2.41. The minimum Gasteiger partial charge on any atom is -0.480 e. The zero-order chi connectivity index (χ0) is 12.7. The number of carbonyl (C=O) groups is 2. The maximum Gasteiger partial charge on any atom is 0.325 e. The van der Waals surface area contributed by atoms with Gasteiger partial charge >= 0.3 is 5.97 Å². The molecule has 18 heavy (non-hydrogen) atoms. The van der Waals surface area contributed by atoms with Crippen LogP contribution >= 0.6 is 11.8 Å². The van der Waals surface area contributed by atoms with Crippen LogP contribution in [-0.2, 0) is 11.3 Å². The fourth-order valence-electron chi connectivity index (χ4n) is 2.56. The topological polar surface area (TPSA) is 75.4 Å². The number of fused-ring (bicyclic) bond motifs is 2. The summed E-state index contributed by atoms with van der Waals surface area (Å²) in [5.74, 6) is -0.100. The molecule has 2 fully saturated rings. The first-order valence-corrected chi connectivity index (χ1v) is 6.86. The Morgan fingerprint density at radius 1 is 1.56 bits per heavy atom. The maximum atomic E-state index is 12.4. The highest BCUT2D eigenvalue weighted by molar-refractivity contribution is 8.00. The van der Waals surface area contributed by atoms with Gasteiger partial charge in [0.25, 0.3) is 5.91 Å². The first-order valence-electron chi connectivity index (χ1n) is 5.81. The van der Waals surface area contributed by atoms with Crippen molar-refractivity contribution in [1.82, 2.24) is 14.7 Å². The first kappa shape index (κ1) is 11.6. The lowest BCUT2D eigenvalue weighted by Gasteiger charge is -2.26. The molecule has 0 radical (unpaired) electrons. The Hall–Kier alpha value is -1.50. The van der Waals surface area contributed by atoms with Crippen molar-refractivity contribution in [2.24, 2.45) is 0 Å². The van der Waals surface area contributed by atoms with E-state index in [1.807, 2.05) is 16.7 Å². The van der Waals surface area contributed by atoms with Gasteiger partial charge in [-0.3, -0.25) is 9.59 Å². The molecule has 3 rings (SSSR count). The van der Waals surface area contributed by atoms with Gasteiger partial charge in [0, 0.05) is 29.8 Å². The fraction of sp³-hybridized carbons (Fsp3) is 0.545. The lowest BCUT2D eigenvalue weighted by atomic mass is 10.2. The highest BCUT2D eigenvalue weighted by Crippen LogP contribution is 2.37. The van der Waals surface area contributed by atoms with Crippen molar-refractivity contribution in [3.8, 4) is 0 Å². The van der Waals surface area contributed by atoms with Crippen LogP contribution in [0.3, 0.4) is 0 Å². The standard InChI is InChI=1S/C11H13N3O3S/c15-10(16)5-14-9(1-2-12-14)11(17)13-4-8-3-7(13)6-18-8/h1-2,7-8H,3-6H2,(H,15,16)/t7-,8-/m0/s1. The van der Waals surface area contributed by atoms with Crippen LogP contribution in [-0.4, -0.2) is 55.3 Å². The molecular weight excluding hydrogens is 254 g/mol. The third kappa shape index (κ3) is 1.88. The highest BCUT2D eigenvalue weighted by atomic mass is 32.2. The van der Waals surface area contributed by atoms with Crippen LogP contribution in [0, 0.1) is 0 Å². The predicted molar refractivity (Wildman–Crippen MR) is 65.6 cm³/mol. The summed E-state index contributed by atoms with van der Waals surface area (Å²) in [6.45, 7) is 0.497. The van der Waals surface area contributed by atoms with Crippen molar-refractivity contribution >= 4 is 23.6 Å². The maximum absolute atomic E-state index is 12.4. The molecule has 0 saturated carbocycles. The average Bonchev–Trinajstić information content (AvgIpc) is 3.01. The van der Waals surface area contributed by atoms with Gasteiger partial charge in [-0.1, -0.05) is 0 Å². The van der Waals surface area contributed by atoms with Crippen molar-refractivity contribution in [3.63, 3.8) is 0 Å². The lowest BCUT2D eigenvalue weighted by Crippen LogP contribution is -2.40. The van der Waals surface area contributed by atoms with Crippen molar-refractivity contribution in [2.45, 2.75) is 24.3 Å². The SMILES string of the molecule is O=C(O)Cn1nccc1C(=O)N1C[C@@H]2C[C@H]1CS2. The molecule has 1 amide bonds. The second-order valence-corrected chi connectivity index (χ2v) is 5.90. The van der Waals surface area contributed by atoms with Crippen molar-refractivity contribution < 1.29 is 14.7 Å². The zero-order valence-corrected chi connectivity index (χ0v) is 10.5. The zero-order valence-electron chi connectivity index (χ0n) is 9.65. The van der Waals surface area contributed by atoms with Gasteiger partial charge in [0.15, 0.2) is 0 Å². The second kappa shape index (κ2) is 4.31. The number of amides is 1. The molecule has 0 unspecified atom stereocenters. The van der Waals surface area contributed by atoms with Gasteiger partial charge in [0.1, 0.15) is 12.2 Å². The summed E-state index contributed by atoms with van der Waals surface area (Å²) in [4.78, 5) is 24.9. The van der Waals surface area contributed by atoms with Gasteiger partial charge in [-0.25, -0.2) is 4.68 Å². The molecule has 2 saturated heterocycles. The minimum atomic E-state index is -0.994. The minimum absolute atomic E-state index is 0.0958. The summed E-state index contributed by atoms with van der Waals surface area (Å²) in [5, 5.41) is 13.2. The molecule has 7 heteroatoms. The molecule has 1 N–H and O–H groups in total.